The van der Waals surface area contributed by atoms with Crippen molar-refractivity contribution in [2.45, 2.75) is 37.9 Å². The van der Waals surface area contributed by atoms with Crippen molar-refractivity contribution in [2.24, 2.45) is 0 Å². The van der Waals surface area contributed by atoms with Crippen molar-refractivity contribution >= 4 is 0 Å². The van der Waals surface area contributed by atoms with Gasteiger partial charge in [0.05, 0.1) is 30.1 Å². The predicted octanol–water partition coefficient (Wildman–Crippen LogP) is -2.83. The van der Waals surface area contributed by atoms with E-state index in [0.717, 1.165) is 0 Å². The molecule has 3 rings (SSSR count). The molecule has 1 aliphatic rings. The summed E-state index contributed by atoms with van der Waals surface area (Å²) in [4.78, 5) is 28.4. The maximum absolute atomic E-state index is 12.2. The molecule has 0 saturated carbocycles. The Morgan fingerprint density at radius 2 is 2.04 bits per heavy atom. The third kappa shape index (κ3) is 2.89. The summed E-state index contributed by atoms with van der Waals surface area (Å²) in [5, 5.41) is 36.8. The number of aliphatic hydroxyl groups is 3. The molecule has 0 aromatic carbocycles. The highest BCUT2D eigenvalue weighted by Crippen LogP contribution is 2.32. The van der Waals surface area contributed by atoms with E-state index in [9.17, 15) is 24.9 Å². The van der Waals surface area contributed by atoms with Gasteiger partial charge < -0.3 is 25.0 Å². The van der Waals surface area contributed by atoms with Crippen LogP contribution in [0.25, 0.3) is 0 Å². The number of H-pyrrole nitrogens is 2. The van der Waals surface area contributed by atoms with Gasteiger partial charge in [-0.3, -0.25) is 9.78 Å². The van der Waals surface area contributed by atoms with Crippen molar-refractivity contribution in [3.8, 4) is 0 Å². The fraction of sp³-hybridized carbons (Fsp3) is 0.538. The molecule has 0 amide bonds. The fourth-order valence-electron chi connectivity index (χ4n) is 2.74. The third-order valence-corrected chi connectivity index (χ3v) is 3.86. The van der Waals surface area contributed by atoms with Crippen LogP contribution in [0.1, 0.15) is 23.1 Å². The highest BCUT2D eigenvalue weighted by Gasteiger charge is 2.45. The Balaban J connectivity index is 2.04. The highest BCUT2D eigenvalue weighted by molar-refractivity contribution is 5.23. The molecule has 4 atom stereocenters. The summed E-state index contributed by atoms with van der Waals surface area (Å²) in [6.07, 6.45) is -3.39. The Labute approximate surface area is 134 Å². The molecule has 2 aromatic heterocycles. The molecule has 1 aliphatic heterocycles. The molecular weight excluding hydrogens is 322 g/mol. The van der Waals surface area contributed by atoms with Crippen LogP contribution in [-0.4, -0.2) is 65.2 Å². The molecule has 1 fully saturated rings. The largest absolute Gasteiger partial charge is 0.394 e. The van der Waals surface area contributed by atoms with Crippen molar-refractivity contribution in [2.75, 3.05) is 6.61 Å². The fourth-order valence-corrected chi connectivity index (χ4v) is 2.74. The first kappa shape index (κ1) is 16.5. The summed E-state index contributed by atoms with van der Waals surface area (Å²) in [5.41, 5.74) is -0.687. The quantitative estimate of drug-likeness (QED) is 0.397. The Morgan fingerprint density at radius 1 is 1.29 bits per heavy atom. The molecular formula is C13H17N5O6. The van der Waals surface area contributed by atoms with E-state index < -0.39 is 42.3 Å². The van der Waals surface area contributed by atoms with Crippen LogP contribution in [0.4, 0.5) is 0 Å². The second-order valence-electron chi connectivity index (χ2n) is 5.62. The monoisotopic (exact) mass is 339 g/mol. The van der Waals surface area contributed by atoms with Crippen molar-refractivity contribution in [3.05, 3.63) is 44.0 Å². The first-order chi connectivity index (χ1) is 11.4. The Bertz CT molecular complexity index is 842. The first-order valence-corrected chi connectivity index (χ1v) is 7.25. The zero-order valence-electron chi connectivity index (χ0n) is 12.7. The molecule has 3 heterocycles. The molecule has 0 aliphatic carbocycles. The molecule has 0 spiro atoms. The maximum Gasteiger partial charge on any atom is 0.325 e. The Kier molecular flexibility index (Phi) is 4.32. The number of aryl methyl sites for hydroxylation is 1. The average molecular weight is 339 g/mol. The summed E-state index contributed by atoms with van der Waals surface area (Å²) < 4.78 is 6.80. The molecule has 0 bridgehead atoms. The zero-order chi connectivity index (χ0) is 17.4. The number of rotatable bonds is 4. The van der Waals surface area contributed by atoms with Crippen molar-refractivity contribution in [1.29, 1.82) is 0 Å². The van der Waals surface area contributed by atoms with Crippen LogP contribution in [0.3, 0.4) is 0 Å². The van der Waals surface area contributed by atoms with Crippen molar-refractivity contribution < 1.29 is 20.1 Å². The average Bonchev–Trinajstić information content (AvgIpc) is 3.04. The number of aromatic nitrogens is 5. The van der Waals surface area contributed by atoms with Crippen LogP contribution < -0.4 is 11.2 Å². The minimum atomic E-state index is -1.43. The summed E-state index contributed by atoms with van der Waals surface area (Å²) in [6.45, 7) is 1.23. The van der Waals surface area contributed by atoms with E-state index in [1.807, 2.05) is 0 Å². The Morgan fingerprint density at radius 3 is 2.62 bits per heavy atom. The van der Waals surface area contributed by atoms with Gasteiger partial charge in [-0.2, -0.15) is 0 Å². The number of nitrogens with one attached hydrogen (secondary N) is 2. The van der Waals surface area contributed by atoms with Crippen LogP contribution in [0.5, 0.6) is 0 Å². The molecule has 4 unspecified atom stereocenters. The minimum absolute atomic E-state index is 0.0157. The molecule has 24 heavy (non-hydrogen) atoms. The summed E-state index contributed by atoms with van der Waals surface area (Å²) >= 11 is 0. The van der Waals surface area contributed by atoms with Crippen LogP contribution in [0, 0.1) is 6.92 Å². The predicted molar refractivity (Wildman–Crippen MR) is 78.3 cm³/mol. The number of aliphatic hydroxyl groups excluding tert-OH is 3. The van der Waals surface area contributed by atoms with Gasteiger partial charge in [0.2, 0.25) is 0 Å². The molecule has 5 N–H and O–H groups in total. The van der Waals surface area contributed by atoms with Gasteiger partial charge in [0.1, 0.15) is 24.4 Å². The molecule has 11 heteroatoms. The van der Waals surface area contributed by atoms with E-state index in [4.69, 9.17) is 4.74 Å². The molecule has 1 saturated heterocycles. The van der Waals surface area contributed by atoms with E-state index in [2.05, 4.69) is 20.3 Å². The van der Waals surface area contributed by atoms with Crippen LogP contribution in [0.2, 0.25) is 0 Å². The number of aromatic amines is 2. The topological polar surface area (TPSA) is 166 Å². The minimum Gasteiger partial charge on any atom is -0.394 e. The van der Waals surface area contributed by atoms with Gasteiger partial charge >= 0.3 is 5.69 Å². The van der Waals surface area contributed by atoms with Crippen LogP contribution in [-0.2, 0) is 11.3 Å². The van der Waals surface area contributed by atoms with Gasteiger partial charge in [-0.05, 0) is 6.92 Å². The number of hydrogen-bond acceptors (Lipinski definition) is 8. The second-order valence-corrected chi connectivity index (χ2v) is 5.62. The van der Waals surface area contributed by atoms with E-state index in [1.54, 1.807) is 13.1 Å². The van der Waals surface area contributed by atoms with E-state index in [-0.39, 0.29) is 17.8 Å². The number of nitrogens with zero attached hydrogens (tertiary/aromatic N) is 3. The Hall–Kier alpha value is -2.34. The van der Waals surface area contributed by atoms with Crippen LogP contribution >= 0.6 is 0 Å². The smallest absolute Gasteiger partial charge is 0.325 e. The van der Waals surface area contributed by atoms with E-state index in [1.165, 1.54) is 4.68 Å². The molecule has 0 radical (unpaired) electrons. The summed E-state index contributed by atoms with van der Waals surface area (Å²) in [7, 11) is 0. The van der Waals surface area contributed by atoms with Gasteiger partial charge in [0, 0.05) is 6.20 Å². The maximum atomic E-state index is 12.2. The summed E-state index contributed by atoms with van der Waals surface area (Å²) in [6, 6.07) is 0. The van der Waals surface area contributed by atoms with Gasteiger partial charge in [-0.25, -0.2) is 9.48 Å². The lowest BCUT2D eigenvalue weighted by Crippen LogP contribution is -2.35. The van der Waals surface area contributed by atoms with Crippen molar-refractivity contribution in [3.63, 3.8) is 0 Å². The molecule has 11 nitrogen and oxygen atoms in total. The van der Waals surface area contributed by atoms with Crippen molar-refractivity contribution in [1.82, 2.24) is 25.0 Å². The van der Waals surface area contributed by atoms with E-state index in [0.29, 0.717) is 5.69 Å². The van der Waals surface area contributed by atoms with Gasteiger partial charge in [0.25, 0.3) is 5.56 Å². The molecule has 130 valence electrons. The molecule has 2 aromatic rings. The number of hydrogen-bond donors (Lipinski definition) is 5. The highest BCUT2D eigenvalue weighted by atomic mass is 16.6. The summed E-state index contributed by atoms with van der Waals surface area (Å²) in [5.74, 6) is 0. The SMILES string of the molecule is Cc1cn(Cc2[nH]c(=O)[nH]c(=O)c2C2OC(CO)C(O)C2O)nn1. The first-order valence-electron chi connectivity index (χ1n) is 7.25. The second kappa shape index (κ2) is 6.28. The normalized spacial score (nSPS) is 26.8. The lowest BCUT2D eigenvalue weighted by molar-refractivity contribution is -0.0235. The lowest BCUT2D eigenvalue weighted by atomic mass is 10.0. The van der Waals surface area contributed by atoms with Gasteiger partial charge in [-0.1, -0.05) is 5.21 Å². The zero-order valence-corrected chi connectivity index (χ0v) is 12.7. The van der Waals surface area contributed by atoms with E-state index >= 15 is 0 Å². The number of ether oxygens (including phenoxy) is 1. The standard InChI is InChI=1S/C13H17N5O6/c1-5-2-18(17-16-5)3-6-8(12(22)15-13(23)14-6)11-10(21)9(20)7(4-19)24-11/h2,7,9-11,19-21H,3-4H2,1H3,(H2,14,15,22,23). The third-order valence-electron chi connectivity index (χ3n) is 3.86. The van der Waals surface area contributed by atoms with Crippen LogP contribution in [0.15, 0.2) is 15.8 Å². The lowest BCUT2D eigenvalue weighted by Gasteiger charge is -2.17. The van der Waals surface area contributed by atoms with Gasteiger partial charge in [0.15, 0.2) is 0 Å². The van der Waals surface area contributed by atoms with Gasteiger partial charge in [-0.15, -0.1) is 5.10 Å².